The molecule has 0 aromatic heterocycles. The molecule has 0 fully saturated rings. The largest absolute Gasteiger partial charge is 0.497 e. The van der Waals surface area contributed by atoms with E-state index in [-0.39, 0.29) is 24.9 Å². The summed E-state index contributed by atoms with van der Waals surface area (Å²) in [4.78, 5) is 24.7. The van der Waals surface area contributed by atoms with Gasteiger partial charge in [0, 0.05) is 10.5 Å². The third-order valence-electron chi connectivity index (χ3n) is 3.34. The molecule has 6 heteroatoms. The quantitative estimate of drug-likeness (QED) is 0.814. The molecule has 0 saturated carbocycles. The first-order valence-corrected chi connectivity index (χ1v) is 7.52. The first kappa shape index (κ1) is 17.5. The number of rotatable bonds is 7. The summed E-state index contributed by atoms with van der Waals surface area (Å²) in [6, 6.07) is 5.27. The van der Waals surface area contributed by atoms with Crippen molar-refractivity contribution >= 4 is 27.8 Å². The van der Waals surface area contributed by atoms with E-state index in [2.05, 4.69) is 15.9 Å². The fourth-order valence-electron chi connectivity index (χ4n) is 1.93. The van der Waals surface area contributed by atoms with Crippen LogP contribution in [0, 0.1) is 0 Å². The van der Waals surface area contributed by atoms with Gasteiger partial charge in [0.1, 0.15) is 12.3 Å². The molecule has 1 rings (SSSR count). The van der Waals surface area contributed by atoms with Crippen LogP contribution in [0.2, 0.25) is 0 Å². The fraction of sp³-hybridized carbons (Fsp3) is 0.467. The Kier molecular flexibility index (Phi) is 6.68. The molecule has 1 unspecified atom stereocenters. The smallest absolute Gasteiger partial charge is 0.323 e. The molecule has 0 heterocycles. The maximum atomic E-state index is 12.4. The van der Waals surface area contributed by atoms with Gasteiger partial charge < -0.3 is 14.7 Å². The van der Waals surface area contributed by atoms with Gasteiger partial charge in [0.15, 0.2) is 0 Å². The number of benzene rings is 1. The van der Waals surface area contributed by atoms with E-state index in [0.29, 0.717) is 12.2 Å². The molecule has 21 heavy (non-hydrogen) atoms. The van der Waals surface area contributed by atoms with Gasteiger partial charge in [-0.1, -0.05) is 22.9 Å². The number of hydrogen-bond donors (Lipinski definition) is 1. The summed E-state index contributed by atoms with van der Waals surface area (Å²) in [6.07, 6.45) is 0.841. The van der Waals surface area contributed by atoms with E-state index < -0.39 is 5.97 Å². The summed E-state index contributed by atoms with van der Waals surface area (Å²) in [5, 5.41) is 8.96. The van der Waals surface area contributed by atoms with Crippen molar-refractivity contribution in [2.75, 3.05) is 13.7 Å². The molecule has 0 aliphatic rings. The molecular weight excluding hydrogens is 338 g/mol. The van der Waals surface area contributed by atoms with Crippen molar-refractivity contribution in [2.45, 2.75) is 32.7 Å². The number of methoxy groups -OCH3 is 1. The number of amides is 1. The van der Waals surface area contributed by atoms with Gasteiger partial charge in [-0.15, -0.1) is 0 Å². The number of halogens is 1. The van der Waals surface area contributed by atoms with Crippen LogP contribution in [0.4, 0.5) is 0 Å². The lowest BCUT2D eigenvalue weighted by Crippen LogP contribution is -2.42. The number of ether oxygens (including phenoxy) is 1. The average molecular weight is 358 g/mol. The Morgan fingerprint density at radius 2 is 2.10 bits per heavy atom. The molecule has 116 valence electrons. The van der Waals surface area contributed by atoms with Gasteiger partial charge >= 0.3 is 5.97 Å². The summed E-state index contributed by atoms with van der Waals surface area (Å²) in [5.41, 5.74) is 0.776. The predicted molar refractivity (Wildman–Crippen MR) is 83.5 cm³/mol. The Morgan fingerprint density at radius 3 is 2.62 bits per heavy atom. The lowest BCUT2D eigenvalue weighted by Gasteiger charge is -2.27. The Bertz CT molecular complexity index is 518. The molecule has 1 aromatic rings. The van der Waals surface area contributed by atoms with Crippen molar-refractivity contribution in [1.29, 1.82) is 0 Å². The van der Waals surface area contributed by atoms with E-state index in [4.69, 9.17) is 9.84 Å². The van der Waals surface area contributed by atoms with Crippen LogP contribution in [0.15, 0.2) is 22.7 Å². The van der Waals surface area contributed by atoms with Crippen LogP contribution >= 0.6 is 15.9 Å². The number of aliphatic carboxylic acids is 1. The number of hydrogen-bond acceptors (Lipinski definition) is 3. The number of carbonyl (C=O) groups is 2. The third kappa shape index (κ3) is 5.04. The highest BCUT2D eigenvalue weighted by atomic mass is 79.9. The molecule has 5 nitrogen and oxygen atoms in total. The first-order chi connectivity index (χ1) is 9.88. The minimum atomic E-state index is -1.01. The summed E-state index contributed by atoms with van der Waals surface area (Å²) < 4.78 is 5.95. The molecule has 1 N–H and O–H groups in total. The number of carboxylic acids is 1. The second-order valence-electron chi connectivity index (χ2n) is 4.81. The highest BCUT2D eigenvalue weighted by Gasteiger charge is 2.22. The van der Waals surface area contributed by atoms with Crippen LogP contribution in [0.1, 0.15) is 25.8 Å². The molecule has 1 aromatic carbocycles. The maximum Gasteiger partial charge on any atom is 0.323 e. The van der Waals surface area contributed by atoms with E-state index in [1.807, 2.05) is 19.9 Å². The van der Waals surface area contributed by atoms with Crippen LogP contribution in [0.5, 0.6) is 5.75 Å². The van der Waals surface area contributed by atoms with E-state index in [0.717, 1.165) is 10.0 Å². The monoisotopic (exact) mass is 357 g/mol. The second kappa shape index (κ2) is 8.02. The topological polar surface area (TPSA) is 66.8 Å². The zero-order valence-corrected chi connectivity index (χ0v) is 14.0. The Labute approximate surface area is 133 Å². The number of carboxylic acid groups (broad SMARTS) is 1. The zero-order chi connectivity index (χ0) is 16.0. The molecule has 0 spiro atoms. The normalized spacial score (nSPS) is 11.8. The van der Waals surface area contributed by atoms with Crippen molar-refractivity contribution in [3.8, 4) is 5.75 Å². The second-order valence-corrected chi connectivity index (χ2v) is 5.66. The van der Waals surface area contributed by atoms with E-state index in [1.165, 1.54) is 4.90 Å². The molecule has 0 radical (unpaired) electrons. The number of nitrogens with zero attached hydrogens (tertiary/aromatic N) is 1. The fourth-order valence-corrected chi connectivity index (χ4v) is 2.32. The van der Waals surface area contributed by atoms with Gasteiger partial charge in [0.25, 0.3) is 0 Å². The standard InChI is InChI=1S/C15H20BrNO4/c1-4-10(2)17(9-15(19)20)14(18)8-11-7-12(21-3)5-6-13(11)16/h5-7,10H,4,8-9H2,1-3H3,(H,19,20). The minimum absolute atomic E-state index is 0.113. The molecular formula is C15H20BrNO4. The van der Waals surface area contributed by atoms with Gasteiger partial charge in [-0.2, -0.15) is 0 Å². The highest BCUT2D eigenvalue weighted by molar-refractivity contribution is 9.10. The van der Waals surface area contributed by atoms with Crippen LogP contribution < -0.4 is 4.74 Å². The van der Waals surface area contributed by atoms with Gasteiger partial charge in [-0.05, 0) is 37.1 Å². The van der Waals surface area contributed by atoms with Crippen molar-refractivity contribution in [3.05, 3.63) is 28.2 Å². The maximum absolute atomic E-state index is 12.4. The molecule has 1 atom stereocenters. The minimum Gasteiger partial charge on any atom is -0.497 e. The van der Waals surface area contributed by atoms with Crippen molar-refractivity contribution in [1.82, 2.24) is 4.90 Å². The summed E-state index contributed by atoms with van der Waals surface area (Å²) >= 11 is 3.40. The Morgan fingerprint density at radius 1 is 1.43 bits per heavy atom. The SMILES string of the molecule is CCC(C)N(CC(=O)O)C(=O)Cc1cc(OC)ccc1Br. The highest BCUT2D eigenvalue weighted by Crippen LogP contribution is 2.23. The van der Waals surface area contributed by atoms with E-state index in [1.54, 1.807) is 19.2 Å². The van der Waals surface area contributed by atoms with Crippen LogP contribution in [-0.4, -0.2) is 41.6 Å². The summed E-state index contributed by atoms with van der Waals surface area (Å²) in [7, 11) is 1.56. The summed E-state index contributed by atoms with van der Waals surface area (Å²) in [5.74, 6) is -0.552. The molecule has 1 amide bonds. The molecule has 0 aliphatic carbocycles. The number of carbonyl (C=O) groups excluding carboxylic acids is 1. The Hall–Kier alpha value is -1.56. The Balaban J connectivity index is 2.93. The third-order valence-corrected chi connectivity index (χ3v) is 4.12. The molecule has 0 bridgehead atoms. The van der Waals surface area contributed by atoms with Crippen LogP contribution in [-0.2, 0) is 16.0 Å². The van der Waals surface area contributed by atoms with Gasteiger partial charge in [-0.25, -0.2) is 0 Å². The average Bonchev–Trinajstić information content (AvgIpc) is 2.45. The van der Waals surface area contributed by atoms with Crippen molar-refractivity contribution in [3.63, 3.8) is 0 Å². The lowest BCUT2D eigenvalue weighted by molar-refractivity contribution is -0.145. The van der Waals surface area contributed by atoms with Gasteiger partial charge in [-0.3, -0.25) is 9.59 Å². The van der Waals surface area contributed by atoms with Crippen LogP contribution in [0.3, 0.4) is 0 Å². The van der Waals surface area contributed by atoms with Crippen molar-refractivity contribution < 1.29 is 19.4 Å². The van der Waals surface area contributed by atoms with E-state index in [9.17, 15) is 9.59 Å². The zero-order valence-electron chi connectivity index (χ0n) is 12.4. The lowest BCUT2D eigenvalue weighted by atomic mass is 10.1. The predicted octanol–water partition coefficient (Wildman–Crippen LogP) is 2.71. The van der Waals surface area contributed by atoms with Crippen LogP contribution in [0.25, 0.3) is 0 Å². The summed E-state index contributed by atoms with van der Waals surface area (Å²) in [6.45, 7) is 3.49. The van der Waals surface area contributed by atoms with Crippen molar-refractivity contribution in [2.24, 2.45) is 0 Å². The van der Waals surface area contributed by atoms with E-state index >= 15 is 0 Å². The molecule has 0 saturated heterocycles. The van der Waals surface area contributed by atoms with Gasteiger partial charge in [0.2, 0.25) is 5.91 Å². The first-order valence-electron chi connectivity index (χ1n) is 6.72. The molecule has 0 aliphatic heterocycles. The van der Waals surface area contributed by atoms with Gasteiger partial charge in [0.05, 0.1) is 13.5 Å².